The first kappa shape index (κ1) is 21.2. The number of hydrogen-bond acceptors (Lipinski definition) is 7. The van der Waals surface area contributed by atoms with Gasteiger partial charge in [0.15, 0.2) is 5.82 Å². The Morgan fingerprint density at radius 2 is 1.75 bits per heavy atom. The molecule has 8 heteroatoms. The normalized spacial score (nSPS) is 17.6. The second-order valence-corrected chi connectivity index (χ2v) is 7.20. The molecule has 1 aliphatic heterocycles. The first-order chi connectivity index (χ1) is 15.4. The Kier molecular flexibility index (Phi) is 5.68. The van der Waals surface area contributed by atoms with E-state index in [1.54, 1.807) is 61.5 Å². The lowest BCUT2D eigenvalue weighted by Crippen LogP contribution is -2.29. The van der Waals surface area contributed by atoms with Crippen molar-refractivity contribution in [1.82, 2.24) is 5.16 Å². The van der Waals surface area contributed by atoms with E-state index < -0.39 is 17.7 Å². The molecule has 4 rings (SSSR count). The number of Topliss-reactive ketones (excluding diaryl/α,β-unsaturated/α-hetero) is 1. The summed E-state index contributed by atoms with van der Waals surface area (Å²) < 4.78 is 15.8. The average Bonchev–Trinajstić information content (AvgIpc) is 3.35. The van der Waals surface area contributed by atoms with Gasteiger partial charge in [-0.1, -0.05) is 17.3 Å². The minimum absolute atomic E-state index is 0.0371. The number of aliphatic hydroxyl groups excluding tert-OH is 1. The third-order valence-corrected chi connectivity index (χ3v) is 5.18. The average molecular weight is 434 g/mol. The first-order valence-corrected chi connectivity index (χ1v) is 10.1. The van der Waals surface area contributed by atoms with Crippen LogP contribution < -0.4 is 14.4 Å². The molecule has 2 heterocycles. The molecular weight excluding hydrogens is 412 g/mol. The Morgan fingerprint density at radius 1 is 1.09 bits per heavy atom. The van der Waals surface area contributed by atoms with Gasteiger partial charge >= 0.3 is 5.91 Å². The zero-order chi connectivity index (χ0) is 22.8. The van der Waals surface area contributed by atoms with Gasteiger partial charge in [0.1, 0.15) is 23.0 Å². The van der Waals surface area contributed by atoms with Gasteiger partial charge in [-0.25, -0.2) is 0 Å². The van der Waals surface area contributed by atoms with Crippen molar-refractivity contribution in [3.8, 4) is 11.5 Å². The molecule has 1 amide bonds. The maximum atomic E-state index is 13.1. The van der Waals surface area contributed by atoms with Gasteiger partial charge in [-0.05, 0) is 55.8 Å². The summed E-state index contributed by atoms with van der Waals surface area (Å²) in [5.41, 5.74) is 0.962. The number of carbonyl (C=O) groups is 2. The van der Waals surface area contributed by atoms with E-state index in [0.29, 0.717) is 35.0 Å². The molecule has 1 saturated heterocycles. The summed E-state index contributed by atoms with van der Waals surface area (Å²) in [6.45, 7) is 4.08. The molecule has 1 aliphatic rings. The molecular formula is C24H22N2O6. The van der Waals surface area contributed by atoms with E-state index in [2.05, 4.69) is 5.16 Å². The van der Waals surface area contributed by atoms with E-state index in [0.717, 1.165) is 0 Å². The number of carbonyl (C=O) groups excluding carboxylic acids is 2. The molecule has 1 atom stereocenters. The molecule has 32 heavy (non-hydrogen) atoms. The molecule has 0 bridgehead atoms. The van der Waals surface area contributed by atoms with Gasteiger partial charge < -0.3 is 19.1 Å². The van der Waals surface area contributed by atoms with Crippen LogP contribution in [0.3, 0.4) is 0 Å². The van der Waals surface area contributed by atoms with Crippen LogP contribution in [-0.4, -0.2) is 35.7 Å². The van der Waals surface area contributed by atoms with Gasteiger partial charge in [0, 0.05) is 11.6 Å². The van der Waals surface area contributed by atoms with Crippen LogP contribution in [0.1, 0.15) is 29.9 Å². The number of aliphatic hydroxyl groups is 1. The smallest absolute Gasteiger partial charge is 0.301 e. The number of benzene rings is 2. The van der Waals surface area contributed by atoms with Gasteiger partial charge in [0.05, 0.1) is 25.3 Å². The fourth-order valence-electron chi connectivity index (χ4n) is 3.67. The van der Waals surface area contributed by atoms with E-state index >= 15 is 0 Å². The van der Waals surface area contributed by atoms with Crippen molar-refractivity contribution in [1.29, 1.82) is 0 Å². The fourth-order valence-corrected chi connectivity index (χ4v) is 3.67. The Hall–Kier alpha value is -4.07. The summed E-state index contributed by atoms with van der Waals surface area (Å²) in [5.74, 6) is 0.0428. The number of aromatic nitrogens is 1. The molecule has 1 N–H and O–H groups in total. The number of nitrogens with zero attached hydrogens (tertiary/aromatic N) is 2. The Labute approximate surface area is 184 Å². The van der Waals surface area contributed by atoms with Crippen molar-refractivity contribution < 1.29 is 28.7 Å². The molecule has 0 unspecified atom stereocenters. The highest BCUT2D eigenvalue weighted by Gasteiger charge is 2.48. The number of ether oxygens (including phenoxy) is 2. The number of anilines is 1. The first-order valence-electron chi connectivity index (χ1n) is 10.1. The summed E-state index contributed by atoms with van der Waals surface area (Å²) >= 11 is 0. The zero-order valence-corrected chi connectivity index (χ0v) is 17.9. The topological polar surface area (TPSA) is 102 Å². The largest absolute Gasteiger partial charge is 0.507 e. The molecule has 3 aromatic rings. The third-order valence-electron chi connectivity index (χ3n) is 5.18. The van der Waals surface area contributed by atoms with E-state index in [1.807, 2.05) is 6.92 Å². The SMILES string of the molecule is CCOc1ccc([C@@H]2C(=C(O)c3ccc(OC)cc3)C(=O)C(=O)N2c2cc(C)on2)cc1. The zero-order valence-electron chi connectivity index (χ0n) is 17.9. The third kappa shape index (κ3) is 3.71. The van der Waals surface area contributed by atoms with Crippen LogP contribution >= 0.6 is 0 Å². The number of ketones is 1. The number of rotatable bonds is 6. The lowest BCUT2D eigenvalue weighted by atomic mass is 9.95. The molecule has 8 nitrogen and oxygen atoms in total. The minimum Gasteiger partial charge on any atom is -0.507 e. The molecule has 1 aromatic heterocycles. The van der Waals surface area contributed by atoms with Gasteiger partial charge in [0.2, 0.25) is 0 Å². The number of methoxy groups -OCH3 is 1. The molecule has 164 valence electrons. The van der Waals surface area contributed by atoms with E-state index in [9.17, 15) is 14.7 Å². The van der Waals surface area contributed by atoms with Crippen LogP contribution in [0.4, 0.5) is 5.82 Å². The van der Waals surface area contributed by atoms with Gasteiger partial charge in [0.25, 0.3) is 5.78 Å². The summed E-state index contributed by atoms with van der Waals surface area (Å²) in [6, 6.07) is 14.3. The lowest BCUT2D eigenvalue weighted by molar-refractivity contribution is -0.132. The standard InChI is InChI=1S/C24H22N2O6/c1-4-31-18-11-5-15(6-12-18)21-20(22(27)16-7-9-17(30-3)10-8-16)23(28)24(29)26(21)19-13-14(2)32-25-19/h5-13,21,27H,4H2,1-3H3/t21-/m1/s1. The number of aryl methyl sites for hydroxylation is 1. The molecule has 0 radical (unpaired) electrons. The summed E-state index contributed by atoms with van der Waals surface area (Å²) in [7, 11) is 1.53. The van der Waals surface area contributed by atoms with Crippen LogP contribution in [-0.2, 0) is 9.59 Å². The van der Waals surface area contributed by atoms with Crippen molar-refractivity contribution in [3.63, 3.8) is 0 Å². The van der Waals surface area contributed by atoms with Crippen LogP contribution in [0.5, 0.6) is 11.5 Å². The van der Waals surface area contributed by atoms with Crippen LogP contribution in [0.2, 0.25) is 0 Å². The van der Waals surface area contributed by atoms with Crippen molar-refractivity contribution in [2.24, 2.45) is 0 Å². The Bertz CT molecular complexity index is 1180. The Balaban J connectivity index is 1.87. The van der Waals surface area contributed by atoms with Crippen molar-refractivity contribution in [3.05, 3.63) is 77.1 Å². The van der Waals surface area contributed by atoms with Crippen molar-refractivity contribution in [2.45, 2.75) is 19.9 Å². The van der Waals surface area contributed by atoms with Gasteiger partial charge in [-0.15, -0.1) is 0 Å². The summed E-state index contributed by atoms with van der Waals surface area (Å²) in [5, 5.41) is 15.0. The number of amides is 1. The second-order valence-electron chi connectivity index (χ2n) is 7.20. The molecule has 0 aliphatic carbocycles. The molecule has 1 fully saturated rings. The highest BCUT2D eigenvalue weighted by atomic mass is 16.5. The van der Waals surface area contributed by atoms with Crippen LogP contribution in [0, 0.1) is 6.92 Å². The van der Waals surface area contributed by atoms with Gasteiger partial charge in [-0.3, -0.25) is 14.5 Å². The van der Waals surface area contributed by atoms with Crippen LogP contribution in [0.25, 0.3) is 5.76 Å². The highest BCUT2D eigenvalue weighted by Crippen LogP contribution is 2.42. The van der Waals surface area contributed by atoms with Crippen molar-refractivity contribution >= 4 is 23.3 Å². The predicted molar refractivity (Wildman–Crippen MR) is 117 cm³/mol. The monoisotopic (exact) mass is 434 g/mol. The quantitative estimate of drug-likeness (QED) is 0.355. The minimum atomic E-state index is -0.891. The maximum Gasteiger partial charge on any atom is 0.301 e. The molecule has 0 saturated carbocycles. The lowest BCUT2D eigenvalue weighted by Gasteiger charge is -2.23. The van der Waals surface area contributed by atoms with E-state index in [1.165, 1.54) is 12.0 Å². The van der Waals surface area contributed by atoms with E-state index in [4.69, 9.17) is 14.0 Å². The molecule has 2 aromatic carbocycles. The maximum absolute atomic E-state index is 13.1. The van der Waals surface area contributed by atoms with Crippen molar-refractivity contribution in [2.75, 3.05) is 18.6 Å². The Morgan fingerprint density at radius 3 is 2.31 bits per heavy atom. The highest BCUT2D eigenvalue weighted by molar-refractivity contribution is 6.51. The predicted octanol–water partition coefficient (Wildman–Crippen LogP) is 4.02. The van der Waals surface area contributed by atoms with E-state index in [-0.39, 0.29) is 17.2 Å². The fraction of sp³-hybridized carbons (Fsp3) is 0.208. The van der Waals surface area contributed by atoms with Gasteiger partial charge in [-0.2, -0.15) is 0 Å². The number of hydrogen-bond donors (Lipinski definition) is 1. The van der Waals surface area contributed by atoms with Crippen LogP contribution in [0.15, 0.2) is 64.7 Å². The summed E-state index contributed by atoms with van der Waals surface area (Å²) in [4.78, 5) is 27.3. The second kappa shape index (κ2) is 8.58. The summed E-state index contributed by atoms with van der Waals surface area (Å²) in [6.07, 6.45) is 0. The molecule has 0 spiro atoms.